The predicted molar refractivity (Wildman–Crippen MR) is 168 cm³/mol. The van der Waals surface area contributed by atoms with Gasteiger partial charge in [0.05, 0.1) is 5.69 Å². The summed E-state index contributed by atoms with van der Waals surface area (Å²) in [6.07, 6.45) is 12.2. The zero-order valence-corrected chi connectivity index (χ0v) is 22.9. The smallest absolute Gasteiger partial charge is 0.144 e. The fraction of sp³-hybridized carbons (Fsp3) is 0.342. The Labute approximate surface area is 243 Å². The van der Waals surface area contributed by atoms with Crippen LogP contribution in [0.2, 0.25) is 0 Å². The van der Waals surface area contributed by atoms with E-state index in [4.69, 9.17) is 9.90 Å². The average molecular weight is 529 g/mol. The van der Waals surface area contributed by atoms with Crippen LogP contribution in [0.25, 0.3) is 54.7 Å². The number of pyridine rings is 1. The summed E-state index contributed by atoms with van der Waals surface area (Å²) >= 11 is 0. The SMILES string of the molecule is [2H]Cc1cc(-c2cccc3c2oc2c3ccc3ccc4c(C5([2H])CCC6(CCCCC6)CC5)cccc4c32)ncc1C([2H])([2H])[2H]. The van der Waals surface area contributed by atoms with E-state index in [-0.39, 0.29) is 12.5 Å². The number of fused-ring (bicyclic) bond motifs is 7. The molecule has 2 nitrogen and oxygen atoms in total. The highest BCUT2D eigenvalue weighted by Crippen LogP contribution is 2.52. The van der Waals surface area contributed by atoms with Crippen LogP contribution >= 0.6 is 0 Å². The molecular formula is C38H37NO. The lowest BCUT2D eigenvalue weighted by Gasteiger charge is -2.43. The van der Waals surface area contributed by atoms with E-state index in [1.165, 1.54) is 38.3 Å². The maximum atomic E-state index is 9.74. The molecule has 6 aromatic rings. The van der Waals surface area contributed by atoms with Gasteiger partial charge < -0.3 is 4.42 Å². The first-order chi connectivity index (χ1) is 21.7. The molecule has 0 N–H and O–H groups in total. The molecule has 0 saturated heterocycles. The Morgan fingerprint density at radius 1 is 0.800 bits per heavy atom. The first kappa shape index (κ1) is 19.4. The van der Waals surface area contributed by atoms with Crippen molar-refractivity contribution in [1.82, 2.24) is 4.98 Å². The molecule has 2 saturated carbocycles. The third-order valence-electron chi connectivity index (χ3n) is 9.98. The number of aromatic nitrogens is 1. The van der Waals surface area contributed by atoms with E-state index in [1.807, 2.05) is 12.1 Å². The fourth-order valence-electron chi connectivity index (χ4n) is 7.74. The Hall–Kier alpha value is -3.65. The van der Waals surface area contributed by atoms with E-state index >= 15 is 0 Å². The van der Waals surface area contributed by atoms with Gasteiger partial charge in [0.1, 0.15) is 11.2 Å². The number of furan rings is 1. The van der Waals surface area contributed by atoms with E-state index in [9.17, 15) is 1.37 Å². The molecule has 0 radical (unpaired) electrons. The number of rotatable bonds is 2. The topological polar surface area (TPSA) is 26.0 Å². The standard InChI is InChI=1S/C38H37NO/c1-24-22-34(39-23-25(24)2)33-11-7-10-31-32-15-13-27-12-14-29-28(8-6-9-30(29)35(27)37(32)40-36(31)33)26-16-20-38(21-17-26)18-4-3-5-19-38/h6-15,22-23,26H,3-5,16-21H2,1-2H3/i1D,2D3,26D. The van der Waals surface area contributed by atoms with Crippen molar-refractivity contribution in [3.8, 4) is 11.3 Å². The van der Waals surface area contributed by atoms with Gasteiger partial charge in [-0.1, -0.05) is 67.8 Å². The molecule has 2 aliphatic rings. The lowest BCUT2D eigenvalue weighted by molar-refractivity contribution is 0.114. The molecule has 0 aliphatic heterocycles. The van der Waals surface area contributed by atoms with Gasteiger partial charge >= 0.3 is 0 Å². The zero-order valence-electron chi connectivity index (χ0n) is 27.9. The van der Waals surface area contributed by atoms with Crippen LogP contribution in [0, 0.1) is 19.2 Å². The van der Waals surface area contributed by atoms with E-state index in [2.05, 4.69) is 53.5 Å². The first-order valence-electron chi connectivity index (χ1n) is 17.5. The molecule has 4 aromatic carbocycles. The number of nitrogens with zero attached hydrogens (tertiary/aromatic N) is 1. The van der Waals surface area contributed by atoms with Gasteiger partial charge in [0.2, 0.25) is 0 Å². The van der Waals surface area contributed by atoms with Crippen LogP contribution in [-0.2, 0) is 0 Å². The summed E-state index contributed by atoms with van der Waals surface area (Å²) in [7, 11) is 0. The van der Waals surface area contributed by atoms with Crippen LogP contribution in [0.1, 0.15) is 87.2 Å². The van der Waals surface area contributed by atoms with Crippen LogP contribution < -0.4 is 0 Å². The van der Waals surface area contributed by atoms with Crippen molar-refractivity contribution in [2.24, 2.45) is 5.41 Å². The Morgan fingerprint density at radius 2 is 1.57 bits per heavy atom. The van der Waals surface area contributed by atoms with Gasteiger partial charge in [-0.2, -0.15) is 0 Å². The minimum atomic E-state index is -2.32. The molecule has 200 valence electrons. The van der Waals surface area contributed by atoms with Gasteiger partial charge in [0.15, 0.2) is 0 Å². The summed E-state index contributed by atoms with van der Waals surface area (Å²) in [5.74, 6) is -0.590. The molecule has 2 aliphatic carbocycles. The molecule has 2 fully saturated rings. The van der Waals surface area contributed by atoms with Crippen molar-refractivity contribution >= 4 is 43.5 Å². The second kappa shape index (κ2) is 9.20. The zero-order chi connectivity index (χ0) is 31.0. The van der Waals surface area contributed by atoms with Gasteiger partial charge in [-0.3, -0.25) is 4.98 Å². The summed E-state index contributed by atoms with van der Waals surface area (Å²) in [6, 6.07) is 22.8. The maximum absolute atomic E-state index is 9.74. The third kappa shape index (κ3) is 3.72. The summed E-state index contributed by atoms with van der Waals surface area (Å²) in [5.41, 5.74) is 5.01. The van der Waals surface area contributed by atoms with Crippen LogP contribution in [0.4, 0.5) is 0 Å². The molecule has 40 heavy (non-hydrogen) atoms. The van der Waals surface area contributed by atoms with Gasteiger partial charge in [0.25, 0.3) is 0 Å². The highest BCUT2D eigenvalue weighted by Gasteiger charge is 2.36. The lowest BCUT2D eigenvalue weighted by Crippen LogP contribution is -2.29. The van der Waals surface area contributed by atoms with Crippen molar-refractivity contribution in [3.05, 3.63) is 89.6 Å². The lowest BCUT2D eigenvalue weighted by atomic mass is 9.62. The fourth-order valence-corrected chi connectivity index (χ4v) is 7.74. The number of hydrogen-bond acceptors (Lipinski definition) is 2. The minimum Gasteiger partial charge on any atom is -0.455 e. The molecule has 1 spiro atoms. The number of hydrogen-bond donors (Lipinski definition) is 0. The number of benzene rings is 4. The van der Waals surface area contributed by atoms with Crippen LogP contribution in [0.3, 0.4) is 0 Å². The predicted octanol–water partition coefficient (Wildman–Crippen LogP) is 11.2. The molecule has 2 heteroatoms. The molecule has 0 unspecified atom stereocenters. The van der Waals surface area contributed by atoms with E-state index in [0.717, 1.165) is 74.7 Å². The second-order valence-electron chi connectivity index (χ2n) is 12.2. The van der Waals surface area contributed by atoms with Crippen LogP contribution in [0.15, 0.2) is 77.3 Å². The van der Waals surface area contributed by atoms with Gasteiger partial charge in [-0.15, -0.1) is 0 Å². The Balaban J connectivity index is 1.28. The quantitative estimate of drug-likeness (QED) is 0.209. The van der Waals surface area contributed by atoms with Gasteiger partial charge in [0, 0.05) is 34.8 Å². The number of aryl methyl sites for hydroxylation is 2. The highest BCUT2D eigenvalue weighted by atomic mass is 16.3. The Kier molecular flexibility index (Phi) is 4.47. The van der Waals surface area contributed by atoms with Crippen molar-refractivity contribution < 1.29 is 11.3 Å². The highest BCUT2D eigenvalue weighted by molar-refractivity contribution is 6.24. The number of para-hydroxylation sites is 1. The van der Waals surface area contributed by atoms with E-state index < -0.39 is 12.7 Å². The molecule has 2 heterocycles. The van der Waals surface area contributed by atoms with Crippen LogP contribution in [-0.4, -0.2) is 4.98 Å². The van der Waals surface area contributed by atoms with Crippen molar-refractivity contribution in [2.75, 3.05) is 0 Å². The van der Waals surface area contributed by atoms with E-state index in [0.29, 0.717) is 22.3 Å². The average Bonchev–Trinajstić information content (AvgIpc) is 3.45. The van der Waals surface area contributed by atoms with Crippen LogP contribution in [0.5, 0.6) is 0 Å². The second-order valence-corrected chi connectivity index (χ2v) is 12.2. The van der Waals surface area contributed by atoms with Gasteiger partial charge in [-0.25, -0.2) is 0 Å². The third-order valence-corrected chi connectivity index (χ3v) is 9.98. The van der Waals surface area contributed by atoms with Gasteiger partial charge in [-0.05, 0) is 115 Å². The summed E-state index contributed by atoms with van der Waals surface area (Å²) in [6.45, 7) is -2.46. The first-order valence-corrected chi connectivity index (χ1v) is 14.8. The minimum absolute atomic E-state index is 0.116. The van der Waals surface area contributed by atoms with Crippen molar-refractivity contribution in [3.63, 3.8) is 0 Å². The summed E-state index contributed by atoms with van der Waals surface area (Å²) < 4.78 is 48.1. The van der Waals surface area contributed by atoms with E-state index in [1.54, 1.807) is 6.07 Å². The summed E-state index contributed by atoms with van der Waals surface area (Å²) in [5, 5.41) is 6.36. The maximum Gasteiger partial charge on any atom is 0.144 e. The molecule has 2 aromatic heterocycles. The van der Waals surface area contributed by atoms with Crippen molar-refractivity contribution in [1.29, 1.82) is 0 Å². The molecule has 0 atom stereocenters. The molecule has 0 bridgehead atoms. The largest absolute Gasteiger partial charge is 0.455 e. The molecular weight excluding hydrogens is 486 g/mol. The molecule has 0 amide bonds. The normalized spacial score (nSPS) is 20.9. The summed E-state index contributed by atoms with van der Waals surface area (Å²) in [4.78, 5) is 4.53. The Morgan fingerprint density at radius 3 is 2.40 bits per heavy atom. The monoisotopic (exact) mass is 528 g/mol. The van der Waals surface area contributed by atoms with Crippen molar-refractivity contribution in [2.45, 2.75) is 77.4 Å². The molecule has 8 rings (SSSR count). The Bertz CT molecular complexity index is 2090.